The third-order valence-corrected chi connectivity index (χ3v) is 5.50. The lowest BCUT2D eigenvalue weighted by Gasteiger charge is -2.35. The Balaban J connectivity index is 1.93. The second kappa shape index (κ2) is 5.18. The lowest BCUT2D eigenvalue weighted by atomic mass is 9.83. The fourth-order valence-electron chi connectivity index (χ4n) is 4.16. The van der Waals surface area contributed by atoms with Crippen molar-refractivity contribution >= 4 is 33.4 Å². The zero-order valence-corrected chi connectivity index (χ0v) is 14.4. The molecule has 0 radical (unpaired) electrons. The largest absolute Gasteiger partial charge is 0.353 e. The zero-order valence-electron chi connectivity index (χ0n) is 12.9. The number of carbonyl (C=O) groups excluding carboxylic acids is 2. The van der Waals surface area contributed by atoms with Crippen LogP contribution in [0.1, 0.15) is 25.3 Å². The quantitative estimate of drug-likeness (QED) is 0.832. The number of benzene rings is 1. The second-order valence-electron chi connectivity index (χ2n) is 6.20. The molecule has 1 fully saturated rings. The van der Waals surface area contributed by atoms with Crippen molar-refractivity contribution in [2.75, 3.05) is 18.4 Å². The van der Waals surface area contributed by atoms with E-state index in [1.54, 1.807) is 0 Å². The molecule has 1 unspecified atom stereocenters. The number of rotatable bonds is 2. The number of fused-ring (bicyclic) bond motifs is 4. The number of likely N-dealkylation sites (N-methyl/N-ethyl adjacent to an activating group) is 1. The monoisotopic (exact) mass is 375 g/mol. The molecule has 2 N–H and O–H groups in total. The summed E-state index contributed by atoms with van der Waals surface area (Å²) >= 11 is 3.50. The second-order valence-corrected chi connectivity index (χ2v) is 7.11. The molecule has 1 saturated heterocycles. The van der Waals surface area contributed by atoms with Crippen LogP contribution in [0.2, 0.25) is 0 Å². The van der Waals surface area contributed by atoms with Crippen molar-refractivity contribution in [3.8, 4) is 0 Å². The third-order valence-electron chi connectivity index (χ3n) is 5.01. The van der Waals surface area contributed by atoms with Crippen LogP contribution in [0.25, 0.3) is 0 Å². The van der Waals surface area contributed by atoms with Gasteiger partial charge in [0, 0.05) is 40.4 Å². The molecule has 1 aromatic rings. The first kappa shape index (κ1) is 14.9. The van der Waals surface area contributed by atoms with Gasteiger partial charge in [-0.25, -0.2) is 0 Å². The maximum atomic E-state index is 13.0. The van der Waals surface area contributed by atoms with Crippen molar-refractivity contribution < 1.29 is 9.59 Å². The SMILES string of the molecule is CCNC(=O)C1=CC2CCCN2[C@]12C(=O)Nc1ccc(Br)cc12. The van der Waals surface area contributed by atoms with E-state index in [-0.39, 0.29) is 17.9 Å². The molecule has 0 aliphatic carbocycles. The fourth-order valence-corrected chi connectivity index (χ4v) is 4.52. The number of amides is 2. The van der Waals surface area contributed by atoms with Crippen molar-refractivity contribution in [1.29, 1.82) is 0 Å². The summed E-state index contributed by atoms with van der Waals surface area (Å²) in [5.74, 6) is -0.266. The number of hydrogen-bond acceptors (Lipinski definition) is 3. The van der Waals surface area contributed by atoms with Gasteiger partial charge in [-0.3, -0.25) is 14.5 Å². The van der Waals surface area contributed by atoms with Crippen LogP contribution in [0.4, 0.5) is 5.69 Å². The minimum Gasteiger partial charge on any atom is -0.353 e. The Hall–Kier alpha value is -1.66. The van der Waals surface area contributed by atoms with Gasteiger partial charge in [-0.05, 0) is 38.0 Å². The summed E-state index contributed by atoms with van der Waals surface area (Å²) in [5, 5.41) is 5.84. The van der Waals surface area contributed by atoms with E-state index >= 15 is 0 Å². The van der Waals surface area contributed by atoms with Gasteiger partial charge in [-0.2, -0.15) is 0 Å². The predicted molar refractivity (Wildman–Crippen MR) is 90.9 cm³/mol. The average Bonchev–Trinajstić information content (AvgIpc) is 3.15. The minimum absolute atomic E-state index is 0.118. The number of nitrogens with zero attached hydrogens (tertiary/aromatic N) is 1. The first-order valence-corrected chi connectivity index (χ1v) is 8.77. The van der Waals surface area contributed by atoms with E-state index in [0.29, 0.717) is 12.1 Å². The van der Waals surface area contributed by atoms with Crippen molar-refractivity contribution in [1.82, 2.24) is 10.2 Å². The fraction of sp³-hybridized carbons (Fsp3) is 0.412. The van der Waals surface area contributed by atoms with Crippen molar-refractivity contribution in [2.45, 2.75) is 31.3 Å². The van der Waals surface area contributed by atoms with Crippen LogP contribution in [0.15, 0.2) is 34.3 Å². The Morgan fingerprint density at radius 2 is 2.35 bits per heavy atom. The maximum Gasteiger partial charge on any atom is 0.254 e. The minimum atomic E-state index is -0.987. The number of anilines is 1. The van der Waals surface area contributed by atoms with Crippen molar-refractivity contribution in [2.24, 2.45) is 0 Å². The van der Waals surface area contributed by atoms with E-state index < -0.39 is 5.54 Å². The van der Waals surface area contributed by atoms with E-state index in [1.165, 1.54) is 0 Å². The number of halogens is 1. The van der Waals surface area contributed by atoms with Gasteiger partial charge < -0.3 is 10.6 Å². The predicted octanol–water partition coefficient (Wildman–Crippen LogP) is 2.14. The van der Waals surface area contributed by atoms with Crippen LogP contribution >= 0.6 is 15.9 Å². The molecule has 3 aliphatic rings. The van der Waals surface area contributed by atoms with Gasteiger partial charge in [-0.15, -0.1) is 0 Å². The Bertz CT molecular complexity index is 745. The highest BCUT2D eigenvalue weighted by atomic mass is 79.9. The van der Waals surface area contributed by atoms with Crippen LogP contribution in [-0.2, 0) is 15.1 Å². The van der Waals surface area contributed by atoms with E-state index in [4.69, 9.17) is 0 Å². The standard InChI is InChI=1S/C17H18BrN3O2/c1-2-19-15(22)13-9-11-4-3-7-21(11)17(13)12-8-10(18)5-6-14(12)20-16(17)23/h5-6,8-9,11H,2-4,7H2,1H3,(H,19,22)(H,20,23)/t11?,17-/m0/s1. The molecule has 23 heavy (non-hydrogen) atoms. The summed E-state index contributed by atoms with van der Waals surface area (Å²) in [7, 11) is 0. The summed E-state index contributed by atoms with van der Waals surface area (Å²) in [6.45, 7) is 3.26. The molecule has 6 heteroatoms. The molecule has 1 aromatic carbocycles. The molecular formula is C17H18BrN3O2. The molecule has 5 nitrogen and oxygen atoms in total. The van der Waals surface area contributed by atoms with E-state index in [2.05, 4.69) is 31.5 Å². The highest BCUT2D eigenvalue weighted by Crippen LogP contribution is 2.52. The third kappa shape index (κ3) is 1.88. The highest BCUT2D eigenvalue weighted by molar-refractivity contribution is 9.10. The topological polar surface area (TPSA) is 61.4 Å². The zero-order chi connectivity index (χ0) is 16.2. The molecule has 2 amide bonds. The molecule has 4 rings (SSSR count). The number of carbonyl (C=O) groups is 2. The molecule has 2 atom stereocenters. The molecular weight excluding hydrogens is 358 g/mol. The van der Waals surface area contributed by atoms with Gasteiger partial charge in [0.2, 0.25) is 5.91 Å². The maximum absolute atomic E-state index is 13.0. The molecule has 3 aliphatic heterocycles. The Morgan fingerprint density at radius 3 is 3.13 bits per heavy atom. The smallest absolute Gasteiger partial charge is 0.254 e. The number of nitrogens with one attached hydrogen (secondary N) is 2. The van der Waals surface area contributed by atoms with Crippen molar-refractivity contribution in [3.05, 3.63) is 39.9 Å². The molecule has 120 valence electrons. The summed E-state index contributed by atoms with van der Waals surface area (Å²) in [6.07, 6.45) is 4.02. The van der Waals surface area contributed by atoms with Gasteiger partial charge in [-0.1, -0.05) is 22.0 Å². The van der Waals surface area contributed by atoms with Gasteiger partial charge in [0.25, 0.3) is 5.91 Å². The average molecular weight is 376 g/mol. The van der Waals surface area contributed by atoms with Crippen LogP contribution in [0.5, 0.6) is 0 Å². The van der Waals surface area contributed by atoms with E-state index in [1.807, 2.05) is 31.2 Å². The Labute approximate surface area is 143 Å². The van der Waals surface area contributed by atoms with Gasteiger partial charge in [0.1, 0.15) is 0 Å². The van der Waals surface area contributed by atoms with Crippen LogP contribution in [0.3, 0.4) is 0 Å². The molecule has 0 aromatic heterocycles. The molecule has 0 bridgehead atoms. The summed E-state index contributed by atoms with van der Waals surface area (Å²) in [6, 6.07) is 5.92. The first-order valence-electron chi connectivity index (χ1n) is 7.97. The first-order chi connectivity index (χ1) is 11.1. The van der Waals surface area contributed by atoms with Crippen molar-refractivity contribution in [3.63, 3.8) is 0 Å². The summed E-state index contributed by atoms with van der Waals surface area (Å²) < 4.78 is 0.907. The molecule has 1 spiro atoms. The summed E-state index contributed by atoms with van der Waals surface area (Å²) in [4.78, 5) is 27.9. The van der Waals surface area contributed by atoms with E-state index in [0.717, 1.165) is 35.1 Å². The van der Waals surface area contributed by atoms with Gasteiger partial charge in [0.05, 0.1) is 0 Å². The Kier molecular flexibility index (Phi) is 3.35. The molecule has 0 saturated carbocycles. The van der Waals surface area contributed by atoms with Crippen LogP contribution < -0.4 is 10.6 Å². The number of hydrogen-bond donors (Lipinski definition) is 2. The normalized spacial score (nSPS) is 28.5. The van der Waals surface area contributed by atoms with Crippen LogP contribution in [-0.4, -0.2) is 35.8 Å². The van der Waals surface area contributed by atoms with Crippen LogP contribution in [0, 0.1) is 0 Å². The lowest BCUT2D eigenvalue weighted by Crippen LogP contribution is -2.52. The van der Waals surface area contributed by atoms with Gasteiger partial charge in [0.15, 0.2) is 5.54 Å². The lowest BCUT2D eigenvalue weighted by molar-refractivity contribution is -0.128. The molecule has 3 heterocycles. The Morgan fingerprint density at radius 1 is 1.52 bits per heavy atom. The van der Waals surface area contributed by atoms with Gasteiger partial charge >= 0.3 is 0 Å². The highest BCUT2D eigenvalue weighted by Gasteiger charge is 2.61. The summed E-state index contributed by atoms with van der Waals surface area (Å²) in [5.41, 5.74) is 1.25. The van der Waals surface area contributed by atoms with E-state index in [9.17, 15) is 9.59 Å².